The summed E-state index contributed by atoms with van der Waals surface area (Å²) in [5.41, 5.74) is 9.76. The van der Waals surface area contributed by atoms with E-state index < -0.39 is 0 Å². The van der Waals surface area contributed by atoms with Crippen LogP contribution < -0.4 is 5.73 Å². The van der Waals surface area contributed by atoms with Gasteiger partial charge in [0.1, 0.15) is 0 Å². The standard InChI is InChI=1S/C16H18BrN7/c1-19-16-13(17)14(9-3-4-11(18)5-9)22-15-12(7-21-24(15)16)10-6-20-23(2)8-10/h6-9,11H,1,3-5,18H2,2H3/t9-,11+/m1/s1. The number of aryl methyl sites for hydroxylation is 1. The van der Waals surface area contributed by atoms with E-state index in [0.29, 0.717) is 11.7 Å². The van der Waals surface area contributed by atoms with Gasteiger partial charge < -0.3 is 5.73 Å². The molecule has 0 aliphatic heterocycles. The van der Waals surface area contributed by atoms with E-state index in [-0.39, 0.29) is 6.04 Å². The number of halogens is 1. The van der Waals surface area contributed by atoms with Gasteiger partial charge in [-0.2, -0.15) is 14.7 Å². The van der Waals surface area contributed by atoms with E-state index in [1.54, 1.807) is 15.4 Å². The Morgan fingerprint density at radius 1 is 1.33 bits per heavy atom. The van der Waals surface area contributed by atoms with Crippen molar-refractivity contribution in [2.24, 2.45) is 17.8 Å². The summed E-state index contributed by atoms with van der Waals surface area (Å²) in [6.45, 7) is 3.70. The Bertz CT molecular complexity index is 926. The topological polar surface area (TPSA) is 86.4 Å². The van der Waals surface area contributed by atoms with Crippen molar-refractivity contribution in [3.05, 3.63) is 28.8 Å². The monoisotopic (exact) mass is 387 g/mol. The third kappa shape index (κ3) is 2.37. The zero-order chi connectivity index (χ0) is 16.8. The van der Waals surface area contributed by atoms with Gasteiger partial charge in [-0.3, -0.25) is 4.68 Å². The molecule has 1 aliphatic rings. The molecule has 1 saturated carbocycles. The smallest absolute Gasteiger partial charge is 0.171 e. The van der Waals surface area contributed by atoms with Crippen molar-refractivity contribution in [2.45, 2.75) is 31.2 Å². The number of rotatable bonds is 3. The molecule has 1 aliphatic carbocycles. The average Bonchev–Trinajstić information content (AvgIpc) is 3.26. The molecule has 0 radical (unpaired) electrons. The first-order valence-electron chi connectivity index (χ1n) is 7.87. The molecule has 0 amide bonds. The summed E-state index contributed by atoms with van der Waals surface area (Å²) >= 11 is 3.65. The quantitative estimate of drug-likeness (QED) is 0.699. The zero-order valence-electron chi connectivity index (χ0n) is 13.4. The van der Waals surface area contributed by atoms with E-state index in [4.69, 9.17) is 10.7 Å². The van der Waals surface area contributed by atoms with Gasteiger partial charge in [-0.25, -0.2) is 9.98 Å². The molecular weight excluding hydrogens is 370 g/mol. The van der Waals surface area contributed by atoms with Crippen LogP contribution in [0.15, 0.2) is 28.1 Å². The fourth-order valence-corrected chi connectivity index (χ4v) is 4.12. The first kappa shape index (κ1) is 15.5. The SMILES string of the molecule is C=Nc1c(Br)c([C@@H]2CC[C@H](N)C2)nc2c(-c3cnn(C)c3)cnn12. The van der Waals surface area contributed by atoms with Gasteiger partial charge >= 0.3 is 0 Å². The van der Waals surface area contributed by atoms with E-state index in [9.17, 15) is 0 Å². The summed E-state index contributed by atoms with van der Waals surface area (Å²) in [6, 6.07) is 0.239. The highest BCUT2D eigenvalue weighted by atomic mass is 79.9. The average molecular weight is 388 g/mol. The molecule has 0 bridgehead atoms. The van der Waals surface area contributed by atoms with Crippen LogP contribution in [0.3, 0.4) is 0 Å². The molecule has 2 atom stereocenters. The third-order valence-electron chi connectivity index (χ3n) is 4.62. The Morgan fingerprint density at radius 2 is 2.17 bits per heavy atom. The van der Waals surface area contributed by atoms with Crippen LogP contribution in [0.2, 0.25) is 0 Å². The third-order valence-corrected chi connectivity index (χ3v) is 5.38. The largest absolute Gasteiger partial charge is 0.328 e. The highest BCUT2D eigenvalue weighted by molar-refractivity contribution is 9.10. The van der Waals surface area contributed by atoms with Gasteiger partial charge in [0.2, 0.25) is 0 Å². The maximum Gasteiger partial charge on any atom is 0.171 e. The number of nitrogens with two attached hydrogens (primary N) is 1. The minimum atomic E-state index is 0.239. The van der Waals surface area contributed by atoms with Gasteiger partial charge in [0.25, 0.3) is 0 Å². The summed E-state index contributed by atoms with van der Waals surface area (Å²) in [4.78, 5) is 9.09. The minimum absolute atomic E-state index is 0.239. The lowest BCUT2D eigenvalue weighted by molar-refractivity contribution is 0.658. The molecule has 0 spiro atoms. The van der Waals surface area contributed by atoms with Gasteiger partial charge in [0, 0.05) is 36.3 Å². The number of aliphatic imine (C=N–C) groups is 1. The predicted molar refractivity (Wildman–Crippen MR) is 96.7 cm³/mol. The summed E-state index contributed by atoms with van der Waals surface area (Å²) < 4.78 is 4.34. The molecular formula is C16H18BrN7. The van der Waals surface area contributed by atoms with Crippen LogP contribution in [-0.2, 0) is 7.05 Å². The Morgan fingerprint density at radius 3 is 2.79 bits per heavy atom. The molecule has 3 heterocycles. The van der Waals surface area contributed by atoms with E-state index in [1.165, 1.54) is 0 Å². The molecule has 7 nitrogen and oxygen atoms in total. The van der Waals surface area contributed by atoms with Gasteiger partial charge in [0.05, 0.1) is 22.6 Å². The van der Waals surface area contributed by atoms with Crippen molar-refractivity contribution in [2.75, 3.05) is 0 Å². The predicted octanol–water partition coefficient (Wildman–Crippen LogP) is 2.82. The first-order chi connectivity index (χ1) is 11.6. The Kier molecular flexibility index (Phi) is 3.73. The molecule has 3 aromatic heterocycles. The number of hydrogen-bond acceptors (Lipinski definition) is 5. The molecule has 1 fully saturated rings. The van der Waals surface area contributed by atoms with Gasteiger partial charge in [-0.05, 0) is 41.9 Å². The minimum Gasteiger partial charge on any atom is -0.328 e. The van der Waals surface area contributed by atoms with Crippen LogP contribution in [-0.4, -0.2) is 37.1 Å². The zero-order valence-corrected chi connectivity index (χ0v) is 14.9. The second kappa shape index (κ2) is 5.78. The summed E-state index contributed by atoms with van der Waals surface area (Å²) in [5.74, 6) is 1.00. The van der Waals surface area contributed by atoms with E-state index in [1.807, 2.05) is 19.4 Å². The van der Waals surface area contributed by atoms with Gasteiger partial charge in [-0.15, -0.1) is 0 Å². The highest BCUT2D eigenvalue weighted by Crippen LogP contribution is 2.41. The maximum atomic E-state index is 6.09. The molecule has 2 N–H and O–H groups in total. The van der Waals surface area contributed by atoms with Crippen molar-refractivity contribution >= 4 is 34.1 Å². The Balaban J connectivity index is 1.94. The molecule has 0 saturated heterocycles. The Hall–Kier alpha value is -2.06. The fraction of sp³-hybridized carbons (Fsp3) is 0.375. The van der Waals surface area contributed by atoms with E-state index in [0.717, 1.165) is 46.2 Å². The second-order valence-electron chi connectivity index (χ2n) is 6.26. The Labute approximate surface area is 147 Å². The van der Waals surface area contributed by atoms with E-state index >= 15 is 0 Å². The molecule has 4 rings (SSSR count). The summed E-state index contributed by atoms with van der Waals surface area (Å²) in [5, 5.41) is 8.69. The normalized spacial score (nSPS) is 20.8. The van der Waals surface area contributed by atoms with Crippen LogP contribution >= 0.6 is 15.9 Å². The van der Waals surface area contributed by atoms with Crippen LogP contribution in [0.4, 0.5) is 5.82 Å². The number of aromatic nitrogens is 5. The lowest BCUT2D eigenvalue weighted by atomic mass is 10.0. The molecule has 124 valence electrons. The van der Waals surface area contributed by atoms with Crippen LogP contribution in [0.1, 0.15) is 30.9 Å². The summed E-state index contributed by atoms with van der Waals surface area (Å²) in [7, 11) is 1.89. The molecule has 8 heteroatoms. The number of nitrogens with zero attached hydrogens (tertiary/aromatic N) is 6. The molecule has 0 aromatic carbocycles. The van der Waals surface area contributed by atoms with Crippen LogP contribution in [0, 0.1) is 0 Å². The fourth-order valence-electron chi connectivity index (χ4n) is 3.41. The number of fused-ring (bicyclic) bond motifs is 1. The van der Waals surface area contributed by atoms with Crippen molar-refractivity contribution in [3.8, 4) is 11.1 Å². The molecule has 24 heavy (non-hydrogen) atoms. The number of hydrogen-bond donors (Lipinski definition) is 1. The van der Waals surface area contributed by atoms with Gasteiger partial charge in [-0.1, -0.05) is 0 Å². The van der Waals surface area contributed by atoms with Crippen LogP contribution in [0.25, 0.3) is 16.8 Å². The van der Waals surface area contributed by atoms with Crippen molar-refractivity contribution in [3.63, 3.8) is 0 Å². The van der Waals surface area contributed by atoms with Crippen molar-refractivity contribution < 1.29 is 0 Å². The van der Waals surface area contributed by atoms with E-state index in [2.05, 4.69) is 37.8 Å². The second-order valence-corrected chi connectivity index (χ2v) is 7.05. The van der Waals surface area contributed by atoms with Crippen molar-refractivity contribution in [1.29, 1.82) is 0 Å². The van der Waals surface area contributed by atoms with Crippen molar-refractivity contribution in [1.82, 2.24) is 24.4 Å². The summed E-state index contributed by atoms with van der Waals surface area (Å²) in [6.07, 6.45) is 8.56. The van der Waals surface area contributed by atoms with Crippen LogP contribution in [0.5, 0.6) is 0 Å². The highest BCUT2D eigenvalue weighted by Gasteiger charge is 2.28. The maximum absolute atomic E-state index is 6.09. The first-order valence-corrected chi connectivity index (χ1v) is 8.66. The lowest BCUT2D eigenvalue weighted by Crippen LogP contribution is -2.15. The molecule has 0 unspecified atom stereocenters. The van der Waals surface area contributed by atoms with Gasteiger partial charge in [0.15, 0.2) is 11.5 Å². The molecule has 3 aromatic rings. The lowest BCUT2D eigenvalue weighted by Gasteiger charge is -2.14.